The molecule has 1 aromatic rings. The van der Waals surface area contributed by atoms with Gasteiger partial charge in [-0.25, -0.2) is 9.18 Å². The lowest BCUT2D eigenvalue weighted by molar-refractivity contribution is -0.131. The molecule has 0 saturated carbocycles. The predicted molar refractivity (Wildman–Crippen MR) is 98.1 cm³/mol. The molecule has 3 amide bonds. The standard InChI is InChI=1S/C18H23ClFN3O4/c1-18(2,3)27-17(26)21-11-14(24)22-7-9-23(10-8-22)16(25)15-12(19)5-4-6-13(15)20/h4-6H,7-11H2,1-3H3,(H,21,26). The number of rotatable bonds is 3. The summed E-state index contributed by atoms with van der Waals surface area (Å²) in [7, 11) is 0. The molecule has 0 atom stereocenters. The first-order chi connectivity index (χ1) is 12.6. The van der Waals surface area contributed by atoms with E-state index < -0.39 is 23.4 Å². The molecule has 1 fully saturated rings. The molecule has 0 unspecified atom stereocenters. The van der Waals surface area contributed by atoms with Gasteiger partial charge in [0.05, 0.1) is 10.6 Å². The van der Waals surface area contributed by atoms with Crippen LogP contribution in [-0.4, -0.2) is 66.0 Å². The first kappa shape index (κ1) is 21.0. The van der Waals surface area contributed by atoms with Crippen LogP contribution in [0.2, 0.25) is 5.02 Å². The molecule has 7 nitrogen and oxygen atoms in total. The van der Waals surface area contributed by atoms with Gasteiger partial charge in [-0.2, -0.15) is 0 Å². The van der Waals surface area contributed by atoms with Crippen LogP contribution in [0.4, 0.5) is 9.18 Å². The first-order valence-corrected chi connectivity index (χ1v) is 8.94. The average Bonchev–Trinajstić information content (AvgIpc) is 2.58. The Morgan fingerprint density at radius 1 is 1.15 bits per heavy atom. The lowest BCUT2D eigenvalue weighted by Crippen LogP contribution is -2.53. The fraction of sp³-hybridized carbons (Fsp3) is 0.500. The first-order valence-electron chi connectivity index (χ1n) is 8.56. The molecule has 1 N–H and O–H groups in total. The van der Waals surface area contributed by atoms with Gasteiger partial charge in [-0.1, -0.05) is 17.7 Å². The minimum Gasteiger partial charge on any atom is -0.444 e. The zero-order valence-electron chi connectivity index (χ0n) is 15.6. The van der Waals surface area contributed by atoms with E-state index in [0.29, 0.717) is 0 Å². The Hall–Kier alpha value is -2.35. The largest absolute Gasteiger partial charge is 0.444 e. The summed E-state index contributed by atoms with van der Waals surface area (Å²) >= 11 is 5.94. The van der Waals surface area contributed by atoms with E-state index >= 15 is 0 Å². The van der Waals surface area contributed by atoms with E-state index in [1.807, 2.05) is 0 Å². The van der Waals surface area contributed by atoms with Crippen molar-refractivity contribution in [2.45, 2.75) is 26.4 Å². The minimum atomic E-state index is -0.674. The molecular formula is C18H23ClFN3O4. The highest BCUT2D eigenvalue weighted by Crippen LogP contribution is 2.21. The van der Waals surface area contributed by atoms with Crippen LogP contribution in [0.25, 0.3) is 0 Å². The average molecular weight is 400 g/mol. The monoisotopic (exact) mass is 399 g/mol. The van der Waals surface area contributed by atoms with Crippen molar-refractivity contribution in [3.63, 3.8) is 0 Å². The molecule has 1 saturated heterocycles. The van der Waals surface area contributed by atoms with E-state index in [1.54, 1.807) is 20.8 Å². The number of carbonyl (C=O) groups excluding carboxylic acids is 3. The summed E-state index contributed by atoms with van der Waals surface area (Å²) in [6.07, 6.45) is -0.668. The van der Waals surface area contributed by atoms with Gasteiger partial charge in [-0.3, -0.25) is 9.59 Å². The fourth-order valence-electron chi connectivity index (χ4n) is 2.59. The molecule has 2 rings (SSSR count). The summed E-state index contributed by atoms with van der Waals surface area (Å²) in [6, 6.07) is 4.07. The third-order valence-corrected chi connectivity index (χ3v) is 4.19. The highest BCUT2D eigenvalue weighted by Gasteiger charge is 2.28. The molecule has 0 radical (unpaired) electrons. The van der Waals surface area contributed by atoms with Crippen LogP contribution in [-0.2, 0) is 9.53 Å². The number of carbonyl (C=O) groups is 3. The Morgan fingerprint density at radius 2 is 1.74 bits per heavy atom. The lowest BCUT2D eigenvalue weighted by Gasteiger charge is -2.35. The van der Waals surface area contributed by atoms with Crippen LogP contribution in [0.1, 0.15) is 31.1 Å². The number of halogens is 2. The molecule has 9 heteroatoms. The molecule has 0 bridgehead atoms. The molecule has 27 heavy (non-hydrogen) atoms. The molecular weight excluding hydrogens is 377 g/mol. The molecule has 148 valence electrons. The van der Waals surface area contributed by atoms with Crippen molar-refractivity contribution in [3.05, 3.63) is 34.6 Å². The quantitative estimate of drug-likeness (QED) is 0.845. The molecule has 0 spiro atoms. The summed E-state index contributed by atoms with van der Waals surface area (Å²) < 4.78 is 19.0. The number of nitrogens with zero attached hydrogens (tertiary/aromatic N) is 2. The molecule has 0 aromatic heterocycles. The Morgan fingerprint density at radius 3 is 2.30 bits per heavy atom. The highest BCUT2D eigenvalue weighted by atomic mass is 35.5. The molecule has 1 aromatic carbocycles. The molecule has 1 heterocycles. The predicted octanol–water partition coefficient (Wildman–Crippen LogP) is 2.29. The Kier molecular flexibility index (Phi) is 6.64. The van der Waals surface area contributed by atoms with E-state index in [1.165, 1.54) is 28.0 Å². The van der Waals surface area contributed by atoms with Crippen LogP contribution >= 0.6 is 11.6 Å². The number of ether oxygens (including phenoxy) is 1. The van der Waals surface area contributed by atoms with Crippen molar-refractivity contribution < 1.29 is 23.5 Å². The normalized spacial score (nSPS) is 14.7. The van der Waals surface area contributed by atoms with Crippen LogP contribution in [0.3, 0.4) is 0 Å². The van der Waals surface area contributed by atoms with Gasteiger partial charge >= 0.3 is 6.09 Å². The van der Waals surface area contributed by atoms with Crippen LogP contribution < -0.4 is 5.32 Å². The number of nitrogens with one attached hydrogen (secondary N) is 1. The summed E-state index contributed by atoms with van der Waals surface area (Å²) in [5.41, 5.74) is -0.807. The third-order valence-electron chi connectivity index (χ3n) is 3.88. The van der Waals surface area contributed by atoms with Crippen molar-refractivity contribution >= 4 is 29.5 Å². The van der Waals surface area contributed by atoms with Gasteiger partial charge in [0, 0.05) is 26.2 Å². The number of piperazine rings is 1. The van der Waals surface area contributed by atoms with Gasteiger partial charge in [-0.15, -0.1) is 0 Å². The smallest absolute Gasteiger partial charge is 0.408 e. The van der Waals surface area contributed by atoms with E-state index in [9.17, 15) is 18.8 Å². The minimum absolute atomic E-state index is 0.0556. The third kappa shape index (κ3) is 5.82. The second kappa shape index (κ2) is 8.56. The number of hydrogen-bond acceptors (Lipinski definition) is 4. The molecule has 0 aliphatic carbocycles. The Balaban J connectivity index is 1.85. The van der Waals surface area contributed by atoms with E-state index in [4.69, 9.17) is 16.3 Å². The summed E-state index contributed by atoms with van der Waals surface area (Å²) in [5, 5.41) is 2.47. The lowest BCUT2D eigenvalue weighted by atomic mass is 10.1. The van der Waals surface area contributed by atoms with Crippen molar-refractivity contribution in [3.8, 4) is 0 Å². The molecule has 1 aliphatic heterocycles. The fourth-order valence-corrected chi connectivity index (χ4v) is 2.84. The second-order valence-corrected chi connectivity index (χ2v) is 7.53. The maximum absolute atomic E-state index is 13.9. The summed E-state index contributed by atoms with van der Waals surface area (Å²) in [6.45, 7) is 6.07. The number of alkyl carbamates (subject to hydrolysis) is 1. The SMILES string of the molecule is CC(C)(C)OC(=O)NCC(=O)N1CCN(C(=O)c2c(F)cccc2Cl)CC1. The van der Waals surface area contributed by atoms with Crippen molar-refractivity contribution in [2.75, 3.05) is 32.7 Å². The maximum Gasteiger partial charge on any atom is 0.408 e. The van der Waals surface area contributed by atoms with Crippen molar-refractivity contribution in [1.82, 2.24) is 15.1 Å². The zero-order valence-corrected chi connectivity index (χ0v) is 16.3. The van der Waals surface area contributed by atoms with Gasteiger partial charge in [0.1, 0.15) is 18.0 Å². The van der Waals surface area contributed by atoms with E-state index in [-0.39, 0.29) is 49.2 Å². The maximum atomic E-state index is 13.9. The van der Waals surface area contributed by atoms with Gasteiger partial charge in [0.2, 0.25) is 5.91 Å². The zero-order chi connectivity index (χ0) is 20.2. The van der Waals surface area contributed by atoms with Crippen LogP contribution in [0, 0.1) is 5.82 Å². The van der Waals surface area contributed by atoms with Gasteiger partial charge in [0.15, 0.2) is 0 Å². The Labute approximate surface area is 162 Å². The number of amides is 3. The van der Waals surface area contributed by atoms with Crippen LogP contribution in [0.5, 0.6) is 0 Å². The Bertz CT molecular complexity index is 708. The van der Waals surface area contributed by atoms with E-state index in [0.717, 1.165) is 0 Å². The van der Waals surface area contributed by atoms with Crippen molar-refractivity contribution in [2.24, 2.45) is 0 Å². The van der Waals surface area contributed by atoms with E-state index in [2.05, 4.69) is 5.32 Å². The number of benzene rings is 1. The van der Waals surface area contributed by atoms with Crippen molar-refractivity contribution in [1.29, 1.82) is 0 Å². The molecule has 1 aliphatic rings. The second-order valence-electron chi connectivity index (χ2n) is 7.13. The van der Waals surface area contributed by atoms with Gasteiger partial charge in [-0.05, 0) is 32.9 Å². The van der Waals surface area contributed by atoms with Gasteiger partial charge < -0.3 is 19.9 Å². The highest BCUT2D eigenvalue weighted by molar-refractivity contribution is 6.33. The summed E-state index contributed by atoms with van der Waals surface area (Å²) in [5.74, 6) is -1.46. The van der Waals surface area contributed by atoms with Crippen LogP contribution in [0.15, 0.2) is 18.2 Å². The van der Waals surface area contributed by atoms with Gasteiger partial charge in [0.25, 0.3) is 5.91 Å². The number of hydrogen-bond donors (Lipinski definition) is 1. The topological polar surface area (TPSA) is 79.0 Å². The summed E-state index contributed by atoms with van der Waals surface area (Å²) in [4.78, 5) is 39.3.